The summed E-state index contributed by atoms with van der Waals surface area (Å²) in [5.74, 6) is -1.23. The van der Waals surface area contributed by atoms with E-state index >= 15 is 0 Å². The van der Waals surface area contributed by atoms with Crippen LogP contribution >= 0.6 is 11.6 Å². The number of nitrogens with one attached hydrogen (secondary N) is 2. The average molecular weight is 293 g/mol. The van der Waals surface area contributed by atoms with Gasteiger partial charge in [-0.25, -0.2) is 4.39 Å². The van der Waals surface area contributed by atoms with Gasteiger partial charge in [0.1, 0.15) is 0 Å². The van der Waals surface area contributed by atoms with Gasteiger partial charge in [-0.05, 0) is 30.8 Å². The first-order chi connectivity index (χ1) is 9.63. The van der Waals surface area contributed by atoms with Gasteiger partial charge in [-0.2, -0.15) is 0 Å². The lowest BCUT2D eigenvalue weighted by atomic mass is 10.1. The SMILES string of the molecule is CNCc1ccccc1NC(=O)c1cccc(Cl)c1F. The molecule has 0 fully saturated rings. The van der Waals surface area contributed by atoms with E-state index in [2.05, 4.69) is 10.6 Å². The third-order valence-corrected chi connectivity index (χ3v) is 3.12. The average Bonchev–Trinajstić information content (AvgIpc) is 2.44. The lowest BCUT2D eigenvalue weighted by Crippen LogP contribution is -2.16. The van der Waals surface area contributed by atoms with E-state index in [0.717, 1.165) is 5.56 Å². The smallest absolute Gasteiger partial charge is 0.258 e. The molecule has 0 saturated heterocycles. The first-order valence-electron chi connectivity index (χ1n) is 6.11. The van der Waals surface area contributed by atoms with E-state index in [4.69, 9.17) is 11.6 Å². The van der Waals surface area contributed by atoms with Gasteiger partial charge >= 0.3 is 0 Å². The fraction of sp³-hybridized carbons (Fsp3) is 0.133. The Hall–Kier alpha value is -1.91. The largest absolute Gasteiger partial charge is 0.322 e. The molecule has 20 heavy (non-hydrogen) atoms. The van der Waals surface area contributed by atoms with Crippen molar-refractivity contribution in [2.75, 3.05) is 12.4 Å². The standard InChI is InChI=1S/C15H14ClFN2O/c1-18-9-10-5-2-3-8-13(10)19-15(20)11-6-4-7-12(16)14(11)17/h2-8,18H,9H2,1H3,(H,19,20). The molecule has 2 rings (SSSR count). The Morgan fingerprint density at radius 1 is 1.20 bits per heavy atom. The van der Waals surface area contributed by atoms with Crippen molar-refractivity contribution in [1.29, 1.82) is 0 Å². The molecule has 0 atom stereocenters. The van der Waals surface area contributed by atoms with E-state index in [1.807, 2.05) is 25.2 Å². The lowest BCUT2D eigenvalue weighted by molar-refractivity contribution is 0.102. The van der Waals surface area contributed by atoms with Crippen LogP contribution in [-0.2, 0) is 6.54 Å². The minimum absolute atomic E-state index is 0.0684. The van der Waals surface area contributed by atoms with Crippen LogP contribution in [-0.4, -0.2) is 13.0 Å². The van der Waals surface area contributed by atoms with Gasteiger partial charge in [-0.15, -0.1) is 0 Å². The van der Waals surface area contributed by atoms with Gasteiger partial charge in [-0.3, -0.25) is 4.79 Å². The van der Waals surface area contributed by atoms with E-state index in [-0.39, 0.29) is 10.6 Å². The van der Waals surface area contributed by atoms with Crippen molar-refractivity contribution in [1.82, 2.24) is 5.32 Å². The van der Waals surface area contributed by atoms with Crippen LogP contribution in [0.3, 0.4) is 0 Å². The van der Waals surface area contributed by atoms with Crippen molar-refractivity contribution >= 4 is 23.2 Å². The van der Waals surface area contributed by atoms with Crippen LogP contribution in [0.2, 0.25) is 5.02 Å². The van der Waals surface area contributed by atoms with Gasteiger partial charge in [0, 0.05) is 12.2 Å². The van der Waals surface area contributed by atoms with Crippen LogP contribution in [0.5, 0.6) is 0 Å². The summed E-state index contributed by atoms with van der Waals surface area (Å²) in [6, 6.07) is 11.7. The van der Waals surface area contributed by atoms with E-state index in [9.17, 15) is 9.18 Å². The highest BCUT2D eigenvalue weighted by molar-refractivity contribution is 6.31. The number of hydrogen-bond donors (Lipinski definition) is 2. The number of carbonyl (C=O) groups excluding carboxylic acids is 1. The predicted octanol–water partition coefficient (Wildman–Crippen LogP) is 3.45. The van der Waals surface area contributed by atoms with Gasteiger partial charge in [0.25, 0.3) is 5.91 Å². The first-order valence-corrected chi connectivity index (χ1v) is 6.49. The summed E-state index contributed by atoms with van der Waals surface area (Å²) in [5.41, 5.74) is 1.49. The highest BCUT2D eigenvalue weighted by atomic mass is 35.5. The molecule has 0 heterocycles. The highest BCUT2D eigenvalue weighted by Gasteiger charge is 2.15. The normalized spacial score (nSPS) is 10.3. The van der Waals surface area contributed by atoms with Crippen LogP contribution in [0, 0.1) is 5.82 Å². The van der Waals surface area contributed by atoms with Crippen molar-refractivity contribution in [3.05, 3.63) is 64.4 Å². The fourth-order valence-corrected chi connectivity index (χ4v) is 2.03. The summed E-state index contributed by atoms with van der Waals surface area (Å²) in [7, 11) is 1.81. The van der Waals surface area contributed by atoms with Crippen molar-refractivity contribution in [2.45, 2.75) is 6.54 Å². The molecule has 104 valence electrons. The molecule has 0 aliphatic carbocycles. The van der Waals surface area contributed by atoms with Gasteiger partial charge in [0.05, 0.1) is 10.6 Å². The summed E-state index contributed by atoms with van der Waals surface area (Å²) >= 11 is 5.68. The Kier molecular flexibility index (Phi) is 4.71. The van der Waals surface area contributed by atoms with E-state index in [1.54, 1.807) is 12.1 Å². The number of carbonyl (C=O) groups is 1. The molecule has 2 aromatic carbocycles. The molecule has 3 nitrogen and oxygen atoms in total. The fourth-order valence-electron chi connectivity index (χ4n) is 1.86. The molecular weight excluding hydrogens is 279 g/mol. The molecule has 1 amide bonds. The monoisotopic (exact) mass is 292 g/mol. The Morgan fingerprint density at radius 3 is 2.70 bits per heavy atom. The summed E-state index contributed by atoms with van der Waals surface area (Å²) in [5, 5.41) is 5.65. The second-order valence-electron chi connectivity index (χ2n) is 4.24. The Morgan fingerprint density at radius 2 is 1.95 bits per heavy atom. The Bertz CT molecular complexity index is 631. The third kappa shape index (κ3) is 3.15. The van der Waals surface area contributed by atoms with Crippen LogP contribution in [0.15, 0.2) is 42.5 Å². The maximum absolute atomic E-state index is 13.8. The molecule has 2 N–H and O–H groups in total. The van der Waals surface area contributed by atoms with Crippen LogP contribution in [0.1, 0.15) is 15.9 Å². The molecule has 0 spiro atoms. The van der Waals surface area contributed by atoms with Gasteiger partial charge in [-0.1, -0.05) is 35.9 Å². The highest BCUT2D eigenvalue weighted by Crippen LogP contribution is 2.20. The van der Waals surface area contributed by atoms with Crippen LogP contribution < -0.4 is 10.6 Å². The zero-order valence-corrected chi connectivity index (χ0v) is 11.7. The molecule has 0 bridgehead atoms. The van der Waals surface area contributed by atoms with Crippen molar-refractivity contribution in [3.63, 3.8) is 0 Å². The summed E-state index contributed by atoms with van der Waals surface area (Å²) in [6.07, 6.45) is 0. The molecule has 0 aromatic heterocycles. The van der Waals surface area contributed by atoms with Crippen LogP contribution in [0.4, 0.5) is 10.1 Å². The minimum Gasteiger partial charge on any atom is -0.322 e. The Balaban J connectivity index is 2.26. The van der Waals surface area contributed by atoms with Gasteiger partial charge < -0.3 is 10.6 Å². The zero-order valence-electron chi connectivity index (χ0n) is 10.9. The summed E-state index contributed by atoms with van der Waals surface area (Å²) in [6.45, 7) is 0.606. The predicted molar refractivity (Wildman–Crippen MR) is 78.6 cm³/mol. The molecule has 2 aromatic rings. The number of amides is 1. The van der Waals surface area contributed by atoms with Gasteiger partial charge in [0.2, 0.25) is 0 Å². The topological polar surface area (TPSA) is 41.1 Å². The number of rotatable bonds is 4. The molecule has 0 saturated carbocycles. The summed E-state index contributed by atoms with van der Waals surface area (Å²) in [4.78, 5) is 12.1. The second-order valence-corrected chi connectivity index (χ2v) is 4.65. The molecule has 0 aliphatic heterocycles. The number of anilines is 1. The van der Waals surface area contributed by atoms with Gasteiger partial charge in [0.15, 0.2) is 5.82 Å². The van der Waals surface area contributed by atoms with E-state index < -0.39 is 11.7 Å². The lowest BCUT2D eigenvalue weighted by Gasteiger charge is -2.11. The number of benzene rings is 2. The quantitative estimate of drug-likeness (QED) is 0.906. The maximum Gasteiger partial charge on any atom is 0.258 e. The minimum atomic E-state index is -0.710. The van der Waals surface area contributed by atoms with Crippen molar-refractivity contribution in [3.8, 4) is 0 Å². The van der Waals surface area contributed by atoms with E-state index in [1.165, 1.54) is 12.1 Å². The van der Waals surface area contributed by atoms with Crippen molar-refractivity contribution < 1.29 is 9.18 Å². The molecule has 0 unspecified atom stereocenters. The third-order valence-electron chi connectivity index (χ3n) is 2.83. The summed E-state index contributed by atoms with van der Waals surface area (Å²) < 4.78 is 13.8. The Labute approximate surface area is 121 Å². The number of halogens is 2. The molecule has 0 radical (unpaired) electrons. The molecule has 5 heteroatoms. The zero-order chi connectivity index (χ0) is 14.5. The second kappa shape index (κ2) is 6.50. The molecular formula is C15H14ClFN2O. The van der Waals surface area contributed by atoms with E-state index in [0.29, 0.717) is 12.2 Å². The van der Waals surface area contributed by atoms with Crippen LogP contribution in [0.25, 0.3) is 0 Å². The first kappa shape index (κ1) is 14.5. The van der Waals surface area contributed by atoms with Crippen molar-refractivity contribution in [2.24, 2.45) is 0 Å². The number of para-hydroxylation sites is 1. The number of hydrogen-bond acceptors (Lipinski definition) is 2. The maximum atomic E-state index is 13.8. The molecule has 0 aliphatic rings.